The molecule has 0 aliphatic carbocycles. The van der Waals surface area contributed by atoms with Gasteiger partial charge in [0.25, 0.3) is 0 Å². The number of ether oxygens (including phenoxy) is 4. The molecule has 0 radical (unpaired) electrons. The molecule has 5 atom stereocenters. The van der Waals surface area contributed by atoms with Crippen molar-refractivity contribution in [2.45, 2.75) is 316 Å². The second-order valence-corrected chi connectivity index (χ2v) is 28.5. The topological polar surface area (TPSA) is 237 Å². The van der Waals surface area contributed by atoms with Crippen molar-refractivity contribution in [1.82, 2.24) is 0 Å². The van der Waals surface area contributed by atoms with E-state index in [1.807, 2.05) is 18.2 Å². The summed E-state index contributed by atoms with van der Waals surface area (Å²) in [7, 11) is -10.00. The number of aliphatic hydroxyl groups is 1. The lowest BCUT2D eigenvalue weighted by atomic mass is 10.1. The normalized spacial score (nSPS) is 14.7. The molecule has 0 saturated carbocycles. The van der Waals surface area contributed by atoms with Gasteiger partial charge in [-0.2, -0.15) is 0 Å². The molecule has 102 heavy (non-hydrogen) atoms. The summed E-state index contributed by atoms with van der Waals surface area (Å²) in [4.78, 5) is 72.9. The minimum absolute atomic E-state index is 0.0617. The average Bonchev–Trinajstić information content (AvgIpc) is 0.908. The van der Waals surface area contributed by atoms with Gasteiger partial charge in [0.1, 0.15) is 19.3 Å². The molecule has 582 valence electrons. The van der Waals surface area contributed by atoms with Gasteiger partial charge in [-0.05, 0) is 148 Å². The Balaban J connectivity index is 5.45. The summed E-state index contributed by atoms with van der Waals surface area (Å²) in [5, 5.41) is 10.6. The van der Waals surface area contributed by atoms with Crippen molar-refractivity contribution in [2.24, 2.45) is 0 Å². The number of allylic oxidation sites excluding steroid dienone is 23. The maximum absolute atomic E-state index is 13.1. The molecule has 0 spiro atoms. The van der Waals surface area contributed by atoms with Crippen LogP contribution in [0.15, 0.2) is 146 Å². The van der Waals surface area contributed by atoms with Gasteiger partial charge in [0.2, 0.25) is 0 Å². The van der Waals surface area contributed by atoms with Crippen LogP contribution >= 0.6 is 15.6 Å². The standard InChI is InChI=1S/C83H138O17P2/c1-5-9-13-17-21-25-29-33-36-37-38-39-42-45-48-52-56-60-64-68-81(86)94-73-78(99-82(87)69-65-61-57-53-49-43-32-28-24-20-16-12-8-4)75-97-101(89,90)95-71-77(84)72-96-102(91,92)98-76-79(100-83(88)70-66-62-58-54-50-46-41-35-31-27-23-19-15-11-7-3)74-93-80(85)67-63-59-55-51-47-44-40-34-30-26-22-18-14-10-6-2/h9-10,13-14,21-22,25-26,28,32-36,38-41,45,47-48,51,59,63,77-79,84H,5-8,11-12,15-20,23-24,27,29-31,37,42-44,46,49-50,52-58,60-62,64-76H2,1-4H3,(H,89,90)(H,91,92)/b13-9-,14-10-,25-21-,26-22-,32-28-,36-33-,39-38-,40-34-,41-35-,48-45-,51-47-,63-59-. The van der Waals surface area contributed by atoms with Gasteiger partial charge in [0.15, 0.2) is 12.2 Å². The first kappa shape index (κ1) is 96.9. The van der Waals surface area contributed by atoms with Crippen LogP contribution in [0, 0.1) is 0 Å². The van der Waals surface area contributed by atoms with Gasteiger partial charge < -0.3 is 33.8 Å². The lowest BCUT2D eigenvalue weighted by Crippen LogP contribution is -2.30. The van der Waals surface area contributed by atoms with E-state index in [2.05, 4.69) is 149 Å². The highest BCUT2D eigenvalue weighted by Gasteiger charge is 2.30. The minimum Gasteiger partial charge on any atom is -0.462 e. The second-order valence-electron chi connectivity index (χ2n) is 25.5. The smallest absolute Gasteiger partial charge is 0.462 e. The van der Waals surface area contributed by atoms with E-state index >= 15 is 0 Å². The first-order chi connectivity index (χ1) is 49.7. The molecule has 0 fully saturated rings. The molecular weight excluding hydrogens is 1330 g/mol. The number of phosphoric acid groups is 2. The number of esters is 4. The predicted octanol–water partition coefficient (Wildman–Crippen LogP) is 22.7. The van der Waals surface area contributed by atoms with Crippen LogP contribution in [0.2, 0.25) is 0 Å². The molecule has 0 aromatic rings. The van der Waals surface area contributed by atoms with Gasteiger partial charge in [-0.3, -0.25) is 37.3 Å². The largest absolute Gasteiger partial charge is 0.472 e. The van der Waals surface area contributed by atoms with Crippen LogP contribution in [0.3, 0.4) is 0 Å². The summed E-state index contributed by atoms with van der Waals surface area (Å²) in [6.45, 7) is 4.45. The highest BCUT2D eigenvalue weighted by molar-refractivity contribution is 7.47. The van der Waals surface area contributed by atoms with E-state index in [0.29, 0.717) is 25.7 Å². The van der Waals surface area contributed by atoms with E-state index in [0.717, 1.165) is 154 Å². The van der Waals surface area contributed by atoms with E-state index < -0.39 is 97.5 Å². The van der Waals surface area contributed by atoms with Crippen molar-refractivity contribution >= 4 is 39.5 Å². The van der Waals surface area contributed by atoms with Crippen LogP contribution < -0.4 is 0 Å². The van der Waals surface area contributed by atoms with Crippen molar-refractivity contribution in [3.63, 3.8) is 0 Å². The van der Waals surface area contributed by atoms with Crippen molar-refractivity contribution < 1.29 is 80.2 Å². The van der Waals surface area contributed by atoms with Crippen molar-refractivity contribution in [3.8, 4) is 0 Å². The second kappa shape index (κ2) is 74.2. The van der Waals surface area contributed by atoms with Gasteiger partial charge in [0.05, 0.1) is 32.8 Å². The van der Waals surface area contributed by atoms with Gasteiger partial charge >= 0.3 is 39.5 Å². The molecule has 0 heterocycles. The summed E-state index contributed by atoms with van der Waals surface area (Å²) in [5.41, 5.74) is 0. The fourth-order valence-corrected chi connectivity index (χ4v) is 11.5. The SMILES string of the molecule is CC/C=C\C/C=C\C/C=C\C/C=C\C/C=C\CCCCCC(=O)OCC(COP(=O)(O)OCC(O)COP(=O)(O)OCC(COC(=O)C/C=C\C/C=C\C/C=C\C/C=C\C/C=C\CC)OC(=O)CCCCCCC/C=C\CCCCCCCC)OC(=O)CCCCCCC/C=C\CCCCCC. The van der Waals surface area contributed by atoms with Gasteiger partial charge in [0, 0.05) is 19.3 Å². The Bertz CT molecular complexity index is 2510. The number of rotatable bonds is 72. The molecule has 0 aliphatic heterocycles. The summed E-state index contributed by atoms with van der Waals surface area (Å²) in [5.74, 6) is -2.38. The maximum atomic E-state index is 13.1. The quantitative estimate of drug-likeness (QED) is 0.0169. The fourth-order valence-electron chi connectivity index (χ4n) is 9.90. The molecule has 0 bridgehead atoms. The Morgan fingerprint density at radius 2 is 0.549 bits per heavy atom. The number of hydrogen-bond acceptors (Lipinski definition) is 15. The Hall–Kier alpha value is -5.06. The highest BCUT2D eigenvalue weighted by atomic mass is 31.2. The third-order valence-corrected chi connectivity index (χ3v) is 17.7. The van der Waals surface area contributed by atoms with Crippen LogP contribution in [0.25, 0.3) is 0 Å². The highest BCUT2D eigenvalue weighted by Crippen LogP contribution is 2.45. The molecule has 0 rings (SSSR count). The average molecular weight is 1470 g/mol. The number of hydrogen-bond donors (Lipinski definition) is 3. The number of carbonyl (C=O) groups is 4. The molecule has 0 aromatic heterocycles. The van der Waals surface area contributed by atoms with E-state index in [9.17, 15) is 43.2 Å². The first-order valence-electron chi connectivity index (χ1n) is 39.1. The lowest BCUT2D eigenvalue weighted by molar-refractivity contribution is -0.161. The number of aliphatic hydroxyl groups excluding tert-OH is 1. The van der Waals surface area contributed by atoms with E-state index in [1.54, 1.807) is 6.08 Å². The number of phosphoric ester groups is 2. The Kier molecular flexibility index (Phi) is 70.5. The zero-order chi connectivity index (χ0) is 74.6. The fraction of sp³-hybridized carbons (Fsp3) is 0.663. The monoisotopic (exact) mass is 1470 g/mol. The zero-order valence-corrected chi connectivity index (χ0v) is 65.3. The molecule has 3 N–H and O–H groups in total. The zero-order valence-electron chi connectivity index (χ0n) is 63.5. The van der Waals surface area contributed by atoms with Crippen molar-refractivity contribution in [1.29, 1.82) is 0 Å². The molecular formula is C83H138O17P2. The van der Waals surface area contributed by atoms with Crippen LogP contribution in [-0.2, 0) is 65.4 Å². The van der Waals surface area contributed by atoms with Gasteiger partial charge in [-0.25, -0.2) is 9.13 Å². The Morgan fingerprint density at radius 1 is 0.294 bits per heavy atom. The molecule has 0 aliphatic rings. The molecule has 0 aromatic carbocycles. The van der Waals surface area contributed by atoms with E-state index in [4.69, 9.17) is 37.0 Å². The number of unbranched alkanes of at least 4 members (excludes halogenated alkanes) is 23. The summed E-state index contributed by atoms with van der Waals surface area (Å²) in [6, 6.07) is 0. The molecule has 17 nitrogen and oxygen atoms in total. The first-order valence-corrected chi connectivity index (χ1v) is 42.1. The maximum Gasteiger partial charge on any atom is 0.472 e. The van der Waals surface area contributed by atoms with Crippen LogP contribution in [-0.4, -0.2) is 96.7 Å². The number of carbonyl (C=O) groups excluding carboxylic acids is 4. The Morgan fingerprint density at radius 3 is 0.902 bits per heavy atom. The molecule has 0 saturated heterocycles. The summed E-state index contributed by atoms with van der Waals surface area (Å²) >= 11 is 0. The Labute approximate surface area is 617 Å². The lowest BCUT2D eigenvalue weighted by Gasteiger charge is -2.21. The minimum atomic E-state index is -5.00. The van der Waals surface area contributed by atoms with Gasteiger partial charge in [-0.1, -0.05) is 270 Å². The van der Waals surface area contributed by atoms with Crippen molar-refractivity contribution in [2.75, 3.05) is 39.6 Å². The van der Waals surface area contributed by atoms with Crippen molar-refractivity contribution in [3.05, 3.63) is 146 Å². The molecule has 19 heteroatoms. The van der Waals surface area contributed by atoms with Crippen LogP contribution in [0.4, 0.5) is 0 Å². The van der Waals surface area contributed by atoms with Crippen LogP contribution in [0.1, 0.15) is 297 Å². The van der Waals surface area contributed by atoms with E-state index in [1.165, 1.54) is 64.2 Å². The summed E-state index contributed by atoms with van der Waals surface area (Å²) in [6.07, 6.45) is 84.4. The molecule has 0 amide bonds. The third-order valence-electron chi connectivity index (χ3n) is 15.8. The molecule has 5 unspecified atom stereocenters. The van der Waals surface area contributed by atoms with E-state index in [-0.39, 0.29) is 25.7 Å². The predicted molar refractivity (Wildman–Crippen MR) is 417 cm³/mol. The summed E-state index contributed by atoms with van der Waals surface area (Å²) < 4.78 is 68.4. The van der Waals surface area contributed by atoms with Gasteiger partial charge in [-0.15, -0.1) is 0 Å². The van der Waals surface area contributed by atoms with Crippen LogP contribution in [0.5, 0.6) is 0 Å². The third kappa shape index (κ3) is 73.3.